The van der Waals surface area contributed by atoms with Crippen molar-refractivity contribution in [2.45, 2.75) is 63.2 Å². The van der Waals surface area contributed by atoms with Crippen molar-refractivity contribution in [3.63, 3.8) is 0 Å². The average molecular weight is 1150 g/mol. The lowest BCUT2D eigenvalue weighted by molar-refractivity contribution is -0.00864. The number of halogens is 1. The van der Waals surface area contributed by atoms with Crippen LogP contribution in [0.2, 0.25) is 0 Å². The molecule has 0 aliphatic carbocycles. The second-order valence-corrected chi connectivity index (χ2v) is 20.0. The van der Waals surface area contributed by atoms with E-state index >= 15 is 0 Å². The molecule has 27 heteroatoms. The molecule has 1 atom stereocenters. The zero-order valence-electron chi connectivity index (χ0n) is 48.6. The van der Waals surface area contributed by atoms with Gasteiger partial charge in [0.25, 0.3) is 0 Å². The minimum atomic E-state index is -0.949. The van der Waals surface area contributed by atoms with Gasteiger partial charge in [-0.3, -0.25) is 63.7 Å². The molecule has 0 radical (unpaired) electrons. The summed E-state index contributed by atoms with van der Waals surface area (Å²) in [5.74, 6) is 5.05. The first-order valence-corrected chi connectivity index (χ1v) is 27.8. The molecule has 0 bridgehead atoms. The number of hydrogen-bond acceptors (Lipinski definition) is 26. The van der Waals surface area contributed by atoms with Gasteiger partial charge < -0.3 is 0 Å². The second kappa shape index (κ2) is 48.4. The van der Waals surface area contributed by atoms with Crippen molar-refractivity contribution in [2.75, 3.05) is 197 Å². The van der Waals surface area contributed by atoms with E-state index in [9.17, 15) is 4.39 Å². The molecule has 6 fully saturated rings. The van der Waals surface area contributed by atoms with Crippen LogP contribution in [0.3, 0.4) is 0 Å². The highest BCUT2D eigenvalue weighted by Crippen LogP contribution is 2.13. The van der Waals surface area contributed by atoms with Gasteiger partial charge in [-0.05, 0) is 19.3 Å². The van der Waals surface area contributed by atoms with E-state index in [0.29, 0.717) is 105 Å². The van der Waals surface area contributed by atoms with E-state index in [1.165, 1.54) is 6.42 Å². The maximum absolute atomic E-state index is 13.0. The van der Waals surface area contributed by atoms with E-state index in [4.69, 9.17) is 81.3 Å². The fourth-order valence-electron chi connectivity index (χ4n) is 9.51. The van der Waals surface area contributed by atoms with E-state index in [1.807, 2.05) is 45.0 Å². The first-order chi connectivity index (χ1) is 40.9. The third-order valence-electron chi connectivity index (χ3n) is 13.4. The van der Waals surface area contributed by atoms with Gasteiger partial charge in [0, 0.05) is 130 Å². The summed E-state index contributed by atoms with van der Waals surface area (Å²) in [7, 11) is 0. The van der Waals surface area contributed by atoms with Gasteiger partial charge in [-0.1, -0.05) is 5.92 Å². The molecule has 6 aliphatic heterocycles. The van der Waals surface area contributed by atoms with Crippen LogP contribution < -0.4 is 0 Å². The zero-order valence-corrected chi connectivity index (χ0v) is 48.6. The molecular formula is C57H79FN26. The normalized spacial score (nSPS) is 19.3. The van der Waals surface area contributed by atoms with E-state index in [-0.39, 0.29) is 13.1 Å². The Morgan fingerprint density at radius 2 is 0.619 bits per heavy atom. The van der Waals surface area contributed by atoms with Crippen molar-refractivity contribution in [1.29, 1.82) is 68.4 Å². The highest BCUT2D eigenvalue weighted by atomic mass is 19.1. The van der Waals surface area contributed by atoms with E-state index < -0.39 is 18.3 Å². The van der Waals surface area contributed by atoms with Crippen molar-refractivity contribution < 1.29 is 4.39 Å². The summed E-state index contributed by atoms with van der Waals surface area (Å²) < 4.78 is 13.0. The number of nitrogens with zero attached hydrogens (tertiary/aromatic N) is 26. The van der Waals surface area contributed by atoms with Crippen molar-refractivity contribution in [1.82, 2.24) is 63.7 Å². The lowest BCUT2D eigenvalue weighted by Gasteiger charge is -2.39. The Morgan fingerprint density at radius 3 is 0.976 bits per heavy atom. The molecule has 0 N–H and O–H groups in total. The molecule has 6 rings (SSSR count). The van der Waals surface area contributed by atoms with Crippen LogP contribution >= 0.6 is 0 Å². The highest BCUT2D eigenvalue weighted by molar-refractivity contribution is 5.14. The van der Waals surface area contributed by atoms with Crippen molar-refractivity contribution >= 4 is 0 Å². The van der Waals surface area contributed by atoms with Gasteiger partial charge in [0.15, 0.2) is 12.1 Å². The molecule has 0 spiro atoms. The van der Waals surface area contributed by atoms with Crippen LogP contribution in [-0.4, -0.2) is 279 Å². The lowest BCUT2D eigenvalue weighted by Crippen LogP contribution is -2.54. The molecular weight excluding hydrogens is 1070 g/mol. The quantitative estimate of drug-likeness (QED) is 0.141. The molecule has 84 heavy (non-hydrogen) atoms. The first kappa shape index (κ1) is 73.9. The summed E-state index contributed by atoms with van der Waals surface area (Å²) in [6.45, 7) is 20.9. The van der Waals surface area contributed by atoms with Crippen LogP contribution in [0.5, 0.6) is 0 Å². The summed E-state index contributed by atoms with van der Waals surface area (Å²) in [5.41, 5.74) is 0. The Kier molecular flexibility index (Phi) is 42.6. The van der Waals surface area contributed by atoms with Crippen LogP contribution in [0.4, 0.5) is 4.39 Å². The third kappa shape index (κ3) is 33.1. The minimum absolute atomic E-state index is 0.225. The lowest BCUT2D eigenvalue weighted by atomic mass is 10.2. The Balaban J connectivity index is 0.000000505. The van der Waals surface area contributed by atoms with Crippen LogP contribution in [0, 0.1) is 172 Å². The number of alkyl halides is 1. The molecule has 0 aromatic heterocycles. The minimum Gasteiger partial charge on any atom is -0.300 e. The van der Waals surface area contributed by atoms with Gasteiger partial charge in [0.1, 0.15) is 6.17 Å². The monoisotopic (exact) mass is 1150 g/mol. The fourth-order valence-corrected chi connectivity index (χ4v) is 9.51. The van der Waals surface area contributed by atoms with E-state index in [0.717, 1.165) is 118 Å². The zero-order chi connectivity index (χ0) is 62.0. The fraction of sp³-hybridized carbons (Fsp3) is 0.702. The van der Waals surface area contributed by atoms with Gasteiger partial charge in [-0.2, -0.15) is 68.4 Å². The topological polar surface area (TPSA) is 351 Å². The molecule has 6 heterocycles. The molecule has 6 aliphatic rings. The molecule has 26 nitrogen and oxygen atoms in total. The predicted molar refractivity (Wildman–Crippen MR) is 305 cm³/mol. The van der Waals surface area contributed by atoms with Gasteiger partial charge >= 0.3 is 0 Å². The maximum atomic E-state index is 13.0. The highest BCUT2D eigenvalue weighted by Gasteiger charge is 2.28. The Hall–Kier alpha value is -8.10. The molecule has 0 aromatic carbocycles. The van der Waals surface area contributed by atoms with Crippen LogP contribution in [0.1, 0.15) is 44.9 Å². The summed E-state index contributed by atoms with van der Waals surface area (Å²) in [4.78, 5) is 26.0. The molecule has 6 saturated heterocycles. The molecule has 444 valence electrons. The van der Waals surface area contributed by atoms with Crippen molar-refractivity contribution in [3.8, 4) is 104 Å². The van der Waals surface area contributed by atoms with Gasteiger partial charge in [0.2, 0.25) is 0 Å². The number of rotatable bonds is 17. The van der Waals surface area contributed by atoms with Crippen LogP contribution in [-0.2, 0) is 0 Å². The predicted octanol–water partition coefficient (Wildman–Crippen LogP) is 0.507. The second-order valence-electron chi connectivity index (χ2n) is 20.0. The van der Waals surface area contributed by atoms with Gasteiger partial charge in [0.05, 0.1) is 171 Å². The SMILES string of the molecule is C#CC(C#N)N1CCCN(C(C#N)C#N)C1.C#CCCN1CCCN(CCC#N)C1.N#CCCN1CCN(CCC#N)CC1.N#CCN1CC(F)CN(CC#N)C1.N#CCN1CCCN(CC#N)C1.N#CCN1CN(CC#N)CN(CC#N)C1. The summed E-state index contributed by atoms with van der Waals surface area (Å²) >= 11 is 0. The molecule has 0 saturated carbocycles. The standard InChI is InChI=1S/C11H11N5.C11H17N3.C10H16N4.C9H12N6.C8H11FN4.C8H12N4/c1-2-10(6-12)15-4-3-5-16(9-15)11(7-13)8-14;1-2-3-7-13-9-5-10-14(11-13)8-4-6-12;11-3-1-5-13-7-9-14(10-8-13)6-2-4-12;10-1-4-13-7-14(5-2-11)9-15(8-13)6-3-12;9-8-5-12(3-1-10)7-13(6-8)4-2-11;9-2-6-11-4-1-5-12(8-11)7-3-10/h1,10-11H,3-5,9H2;1H,3-5,7-11H2;1-2,5-10H2;4-9H2;8H,3-7H2;1,4-8H2. The van der Waals surface area contributed by atoms with E-state index in [1.54, 1.807) is 19.6 Å². The average Bonchev–Trinajstić information content (AvgIpc) is 3.56. The Morgan fingerprint density at radius 1 is 0.321 bits per heavy atom. The maximum Gasteiger partial charge on any atom is 0.187 e. The van der Waals surface area contributed by atoms with Crippen LogP contribution in [0.25, 0.3) is 0 Å². The van der Waals surface area contributed by atoms with Crippen molar-refractivity contribution in [3.05, 3.63) is 0 Å². The van der Waals surface area contributed by atoms with Crippen LogP contribution in [0.15, 0.2) is 0 Å². The number of nitriles is 13. The first-order valence-electron chi connectivity index (χ1n) is 27.8. The summed E-state index contributed by atoms with van der Waals surface area (Å²) in [6.07, 6.45) is 15.3. The molecule has 0 amide bonds. The van der Waals surface area contributed by atoms with E-state index in [2.05, 4.69) is 89.8 Å². The third-order valence-corrected chi connectivity index (χ3v) is 13.4. The Labute approximate surface area is 498 Å². The largest absolute Gasteiger partial charge is 0.300 e. The van der Waals surface area contributed by atoms with Gasteiger partial charge in [-0.15, -0.1) is 18.8 Å². The summed E-state index contributed by atoms with van der Waals surface area (Å²) in [6, 6.07) is 25.4. The Bertz CT molecular complexity index is 2320. The molecule has 1 unspecified atom stereocenters. The number of terminal acetylenes is 2. The number of piperazine rings is 1. The number of hydrogen-bond donors (Lipinski definition) is 0. The molecule has 0 aromatic rings. The van der Waals surface area contributed by atoms with Crippen molar-refractivity contribution in [2.24, 2.45) is 0 Å². The smallest absolute Gasteiger partial charge is 0.187 e. The van der Waals surface area contributed by atoms with Gasteiger partial charge in [-0.25, -0.2) is 4.39 Å². The summed E-state index contributed by atoms with van der Waals surface area (Å²) in [5, 5.41) is 111.